The standard InChI is InChI=1S/C24H29NO4S2/c1-17(2)15-20(23(27)28)25-22(26)21(16-18-9-5-3-6-10-18)30-13-14-31-24(29)19-11-7-4-8-12-19/h3-12,17,20-21H,13-16H2,1-2H3,(H,25,26)(H,27,28)/t20-,21-/m0/s1. The van der Waals surface area contributed by atoms with E-state index in [-0.39, 0.29) is 16.9 Å². The SMILES string of the molecule is CC(C)C[C@H](NC(=O)[C@H](Cc1ccccc1)SCCSC(=O)c1ccccc1)C(=O)O. The number of nitrogens with one attached hydrogen (secondary N) is 1. The number of hydrogen-bond acceptors (Lipinski definition) is 5. The third-order valence-electron chi connectivity index (χ3n) is 4.52. The monoisotopic (exact) mass is 459 g/mol. The van der Waals surface area contributed by atoms with Crippen LogP contribution < -0.4 is 5.32 Å². The van der Waals surface area contributed by atoms with Crippen molar-refractivity contribution < 1.29 is 19.5 Å². The maximum Gasteiger partial charge on any atom is 0.326 e. The van der Waals surface area contributed by atoms with Gasteiger partial charge in [-0.3, -0.25) is 9.59 Å². The molecule has 7 heteroatoms. The van der Waals surface area contributed by atoms with E-state index in [4.69, 9.17) is 0 Å². The van der Waals surface area contributed by atoms with Crippen molar-refractivity contribution in [3.8, 4) is 0 Å². The molecule has 0 heterocycles. The van der Waals surface area contributed by atoms with Crippen LogP contribution in [-0.2, 0) is 16.0 Å². The number of benzene rings is 2. The number of carbonyl (C=O) groups excluding carboxylic acids is 2. The van der Waals surface area contributed by atoms with Crippen molar-refractivity contribution >= 4 is 40.5 Å². The molecular formula is C24H29NO4S2. The normalized spacial score (nSPS) is 12.9. The second kappa shape index (κ2) is 13.2. The van der Waals surface area contributed by atoms with E-state index in [1.807, 2.05) is 62.4 Å². The van der Waals surface area contributed by atoms with Crippen molar-refractivity contribution in [3.05, 3.63) is 71.8 Å². The molecule has 5 nitrogen and oxygen atoms in total. The molecule has 0 radical (unpaired) electrons. The Morgan fingerprint density at radius 3 is 2.13 bits per heavy atom. The van der Waals surface area contributed by atoms with Gasteiger partial charge in [0.2, 0.25) is 11.0 Å². The van der Waals surface area contributed by atoms with Gasteiger partial charge < -0.3 is 10.4 Å². The average Bonchev–Trinajstić information content (AvgIpc) is 2.76. The van der Waals surface area contributed by atoms with E-state index in [9.17, 15) is 19.5 Å². The Hall–Kier alpha value is -2.25. The minimum Gasteiger partial charge on any atom is -0.480 e. The molecule has 2 aromatic rings. The zero-order valence-electron chi connectivity index (χ0n) is 17.8. The summed E-state index contributed by atoms with van der Waals surface area (Å²) < 4.78 is 0. The van der Waals surface area contributed by atoms with Crippen molar-refractivity contribution in [2.45, 2.75) is 38.0 Å². The highest BCUT2D eigenvalue weighted by atomic mass is 32.2. The molecule has 0 bridgehead atoms. The van der Waals surface area contributed by atoms with Crippen molar-refractivity contribution in [2.24, 2.45) is 5.92 Å². The van der Waals surface area contributed by atoms with Gasteiger partial charge in [0.1, 0.15) is 6.04 Å². The largest absolute Gasteiger partial charge is 0.480 e. The van der Waals surface area contributed by atoms with Crippen LogP contribution in [0, 0.1) is 5.92 Å². The minimum atomic E-state index is -1.02. The minimum absolute atomic E-state index is 0.00753. The third-order valence-corrected chi connectivity index (χ3v) is 6.91. The summed E-state index contributed by atoms with van der Waals surface area (Å²) in [6.45, 7) is 3.86. The molecule has 31 heavy (non-hydrogen) atoms. The number of carboxylic acid groups (broad SMARTS) is 1. The van der Waals surface area contributed by atoms with Crippen LogP contribution in [0.2, 0.25) is 0 Å². The molecule has 166 valence electrons. The topological polar surface area (TPSA) is 83.5 Å². The molecule has 0 aliphatic heterocycles. The fourth-order valence-electron chi connectivity index (χ4n) is 3.00. The predicted octanol–water partition coefficient (Wildman–Crippen LogP) is 4.52. The number of hydrogen-bond donors (Lipinski definition) is 2. The van der Waals surface area contributed by atoms with Crippen LogP contribution >= 0.6 is 23.5 Å². The van der Waals surface area contributed by atoms with Gasteiger partial charge in [-0.25, -0.2) is 4.79 Å². The van der Waals surface area contributed by atoms with Gasteiger partial charge >= 0.3 is 5.97 Å². The first-order valence-corrected chi connectivity index (χ1v) is 12.3. The van der Waals surface area contributed by atoms with Crippen LogP contribution in [0.1, 0.15) is 36.2 Å². The van der Waals surface area contributed by atoms with E-state index in [0.717, 1.165) is 5.56 Å². The van der Waals surface area contributed by atoms with E-state index in [0.29, 0.717) is 29.9 Å². The van der Waals surface area contributed by atoms with Crippen LogP contribution in [0.25, 0.3) is 0 Å². The molecule has 0 spiro atoms. The van der Waals surface area contributed by atoms with Gasteiger partial charge in [0, 0.05) is 17.1 Å². The second-order valence-corrected chi connectivity index (χ2v) is 9.96. The van der Waals surface area contributed by atoms with Crippen LogP contribution in [0.15, 0.2) is 60.7 Å². The lowest BCUT2D eigenvalue weighted by Gasteiger charge is -2.21. The molecule has 0 aliphatic rings. The Kier molecular flexibility index (Phi) is 10.7. The number of aliphatic carboxylic acids is 1. The van der Waals surface area contributed by atoms with E-state index >= 15 is 0 Å². The van der Waals surface area contributed by atoms with E-state index in [1.54, 1.807) is 12.1 Å². The molecule has 0 saturated heterocycles. The van der Waals surface area contributed by atoms with Crippen LogP contribution in [-0.4, -0.2) is 44.9 Å². The zero-order valence-corrected chi connectivity index (χ0v) is 19.5. The lowest BCUT2D eigenvalue weighted by atomic mass is 10.0. The van der Waals surface area contributed by atoms with Crippen LogP contribution in [0.5, 0.6) is 0 Å². The summed E-state index contributed by atoms with van der Waals surface area (Å²) in [7, 11) is 0. The molecule has 0 aromatic heterocycles. The lowest BCUT2D eigenvalue weighted by Crippen LogP contribution is -2.46. The molecule has 2 atom stereocenters. The lowest BCUT2D eigenvalue weighted by molar-refractivity contribution is -0.142. The van der Waals surface area contributed by atoms with Gasteiger partial charge in [-0.15, -0.1) is 11.8 Å². The van der Waals surface area contributed by atoms with E-state index < -0.39 is 17.3 Å². The molecular weight excluding hydrogens is 430 g/mol. The molecule has 1 amide bonds. The van der Waals surface area contributed by atoms with Gasteiger partial charge in [-0.05, 0) is 24.3 Å². The van der Waals surface area contributed by atoms with Gasteiger partial charge in [0.15, 0.2) is 0 Å². The first-order chi connectivity index (χ1) is 14.9. The Bertz CT molecular complexity index is 843. The number of carbonyl (C=O) groups is 3. The quantitative estimate of drug-likeness (QED) is 0.454. The average molecular weight is 460 g/mol. The summed E-state index contributed by atoms with van der Waals surface area (Å²) in [5, 5.41) is 11.8. The van der Waals surface area contributed by atoms with E-state index in [2.05, 4.69) is 5.32 Å². The number of carboxylic acids is 1. The van der Waals surface area contributed by atoms with Crippen LogP contribution in [0.4, 0.5) is 0 Å². The zero-order chi connectivity index (χ0) is 22.6. The molecule has 2 aromatic carbocycles. The van der Waals surface area contributed by atoms with Crippen LogP contribution in [0.3, 0.4) is 0 Å². The molecule has 2 N–H and O–H groups in total. The van der Waals surface area contributed by atoms with Crippen molar-refractivity contribution in [2.75, 3.05) is 11.5 Å². The second-order valence-electron chi connectivity index (χ2n) is 7.58. The molecule has 0 unspecified atom stereocenters. The van der Waals surface area contributed by atoms with Crippen molar-refractivity contribution in [1.29, 1.82) is 0 Å². The van der Waals surface area contributed by atoms with E-state index in [1.165, 1.54) is 23.5 Å². The fourth-order valence-corrected chi connectivity index (χ4v) is 5.02. The Balaban J connectivity index is 1.96. The third kappa shape index (κ3) is 9.19. The Morgan fingerprint density at radius 1 is 0.935 bits per heavy atom. The van der Waals surface area contributed by atoms with Gasteiger partial charge in [0.05, 0.1) is 5.25 Å². The molecule has 0 saturated carbocycles. The summed E-state index contributed by atoms with van der Waals surface area (Å²) in [4.78, 5) is 36.7. The highest BCUT2D eigenvalue weighted by Crippen LogP contribution is 2.21. The predicted molar refractivity (Wildman–Crippen MR) is 129 cm³/mol. The molecule has 0 aliphatic carbocycles. The highest BCUT2D eigenvalue weighted by Gasteiger charge is 2.26. The maximum atomic E-state index is 12.9. The number of amides is 1. The van der Waals surface area contributed by atoms with Crippen molar-refractivity contribution in [3.63, 3.8) is 0 Å². The number of rotatable bonds is 12. The van der Waals surface area contributed by atoms with Crippen molar-refractivity contribution in [1.82, 2.24) is 5.32 Å². The molecule has 0 fully saturated rings. The first-order valence-electron chi connectivity index (χ1n) is 10.3. The summed E-state index contributed by atoms with van der Waals surface area (Å²) in [5.41, 5.74) is 1.67. The Morgan fingerprint density at radius 2 is 1.55 bits per heavy atom. The molecule has 2 rings (SSSR count). The Labute approximate surface area is 192 Å². The fraction of sp³-hybridized carbons (Fsp3) is 0.375. The summed E-state index contributed by atoms with van der Waals surface area (Å²) in [5.74, 6) is 0.0411. The summed E-state index contributed by atoms with van der Waals surface area (Å²) in [6, 6.07) is 17.9. The summed E-state index contributed by atoms with van der Waals surface area (Å²) >= 11 is 2.69. The maximum absolute atomic E-state index is 12.9. The van der Waals surface area contributed by atoms with Gasteiger partial charge in [-0.2, -0.15) is 0 Å². The van der Waals surface area contributed by atoms with Gasteiger partial charge in [-0.1, -0.05) is 86.3 Å². The first kappa shape index (κ1) is 25.0. The highest BCUT2D eigenvalue weighted by molar-refractivity contribution is 8.14. The smallest absolute Gasteiger partial charge is 0.326 e. The van der Waals surface area contributed by atoms with Gasteiger partial charge in [0.25, 0.3) is 0 Å². The number of thioether (sulfide) groups is 2. The summed E-state index contributed by atoms with van der Waals surface area (Å²) in [6.07, 6.45) is 0.883.